The largest absolute Gasteiger partial charge is 0.405 e. The van der Waals surface area contributed by atoms with Crippen molar-refractivity contribution in [2.75, 3.05) is 0 Å². The van der Waals surface area contributed by atoms with Crippen LogP contribution < -0.4 is 11.5 Å². The van der Waals surface area contributed by atoms with Gasteiger partial charge in [0, 0.05) is 0 Å². The molecule has 2 aromatic carbocycles. The fourth-order valence-electron chi connectivity index (χ4n) is 2.48. The van der Waals surface area contributed by atoms with Gasteiger partial charge in [0.05, 0.1) is 12.2 Å². The minimum absolute atomic E-state index is 0.0487. The van der Waals surface area contributed by atoms with E-state index in [1.807, 2.05) is 48.6 Å². The molecule has 2 rings (SSSR count). The average Bonchev–Trinajstić information content (AvgIpc) is 2.62. The molecule has 0 amide bonds. The highest BCUT2D eigenvalue weighted by atomic mass is 16.5. The predicted octanol–water partition coefficient (Wildman–Crippen LogP) is 4.21. The van der Waals surface area contributed by atoms with Gasteiger partial charge >= 0.3 is 0 Å². The standard InChI is InChI=1S/C20H24N2O/c21-15-7-13-19(17-9-3-1-4-10-17)23-20(14-8-16-22)18-11-5-2-6-12-18/h1-12,15-16,19-20H,13-14,21-22H2. The third kappa shape index (κ3) is 5.31. The molecular formula is C20H24N2O. The first-order valence-corrected chi connectivity index (χ1v) is 7.84. The van der Waals surface area contributed by atoms with Crippen molar-refractivity contribution in [1.82, 2.24) is 0 Å². The van der Waals surface area contributed by atoms with E-state index in [0.29, 0.717) is 0 Å². The van der Waals surface area contributed by atoms with Crippen LogP contribution in [0.5, 0.6) is 0 Å². The zero-order valence-corrected chi connectivity index (χ0v) is 13.2. The van der Waals surface area contributed by atoms with Crippen LogP contribution in [0, 0.1) is 0 Å². The number of benzene rings is 2. The Bertz CT molecular complexity index is 553. The van der Waals surface area contributed by atoms with E-state index in [1.165, 1.54) is 0 Å². The third-order valence-electron chi connectivity index (χ3n) is 3.64. The van der Waals surface area contributed by atoms with Crippen LogP contribution >= 0.6 is 0 Å². The molecule has 0 aromatic heterocycles. The quantitative estimate of drug-likeness (QED) is 0.768. The van der Waals surface area contributed by atoms with E-state index in [1.54, 1.807) is 12.4 Å². The summed E-state index contributed by atoms with van der Waals surface area (Å²) >= 11 is 0. The van der Waals surface area contributed by atoms with Gasteiger partial charge in [0.25, 0.3) is 0 Å². The lowest BCUT2D eigenvalue weighted by atomic mass is 10.0. The van der Waals surface area contributed by atoms with Crippen LogP contribution in [-0.2, 0) is 4.74 Å². The van der Waals surface area contributed by atoms with E-state index in [-0.39, 0.29) is 12.2 Å². The SMILES string of the molecule is NC=CCC(OC(CC=CN)c1ccccc1)c1ccccc1. The molecule has 2 atom stereocenters. The molecule has 0 aliphatic carbocycles. The third-order valence-corrected chi connectivity index (χ3v) is 3.64. The Morgan fingerprint density at radius 3 is 1.43 bits per heavy atom. The van der Waals surface area contributed by atoms with Crippen LogP contribution in [0.1, 0.15) is 36.2 Å². The van der Waals surface area contributed by atoms with Gasteiger partial charge in [0.2, 0.25) is 0 Å². The number of hydrogen-bond acceptors (Lipinski definition) is 3. The van der Waals surface area contributed by atoms with E-state index in [0.717, 1.165) is 24.0 Å². The van der Waals surface area contributed by atoms with E-state index >= 15 is 0 Å². The molecule has 0 heterocycles. The molecule has 2 aromatic rings. The number of nitrogens with two attached hydrogens (primary N) is 2. The maximum Gasteiger partial charge on any atom is 0.0868 e. The van der Waals surface area contributed by atoms with Gasteiger partial charge in [-0.3, -0.25) is 0 Å². The van der Waals surface area contributed by atoms with Crippen LogP contribution in [0.15, 0.2) is 85.2 Å². The molecule has 3 heteroatoms. The molecule has 0 spiro atoms. The molecule has 0 fully saturated rings. The van der Waals surface area contributed by atoms with Crippen molar-refractivity contribution in [2.24, 2.45) is 11.5 Å². The molecule has 3 nitrogen and oxygen atoms in total. The molecule has 0 aliphatic heterocycles. The Hall–Kier alpha value is -2.52. The monoisotopic (exact) mass is 308 g/mol. The van der Waals surface area contributed by atoms with E-state index < -0.39 is 0 Å². The summed E-state index contributed by atoms with van der Waals surface area (Å²) in [4.78, 5) is 0. The fraction of sp³-hybridized carbons (Fsp3) is 0.200. The summed E-state index contributed by atoms with van der Waals surface area (Å²) in [5.41, 5.74) is 13.3. The normalized spacial score (nSPS) is 14.3. The fourth-order valence-corrected chi connectivity index (χ4v) is 2.48. The molecule has 2 unspecified atom stereocenters. The molecule has 0 aliphatic rings. The molecule has 4 N–H and O–H groups in total. The first-order valence-electron chi connectivity index (χ1n) is 7.84. The van der Waals surface area contributed by atoms with Gasteiger partial charge < -0.3 is 16.2 Å². The van der Waals surface area contributed by atoms with Crippen molar-refractivity contribution in [2.45, 2.75) is 25.0 Å². The van der Waals surface area contributed by atoms with Gasteiger partial charge in [-0.2, -0.15) is 0 Å². The molecule has 23 heavy (non-hydrogen) atoms. The second-order valence-electron chi connectivity index (χ2n) is 5.26. The van der Waals surface area contributed by atoms with Gasteiger partial charge in [0.1, 0.15) is 0 Å². The van der Waals surface area contributed by atoms with Gasteiger partial charge in [-0.15, -0.1) is 0 Å². The lowest BCUT2D eigenvalue weighted by Gasteiger charge is -2.24. The Morgan fingerprint density at radius 2 is 1.09 bits per heavy atom. The summed E-state index contributed by atoms with van der Waals surface area (Å²) < 4.78 is 6.41. The average molecular weight is 308 g/mol. The number of rotatable bonds is 8. The smallest absolute Gasteiger partial charge is 0.0868 e. The van der Waals surface area contributed by atoms with Gasteiger partial charge in [-0.1, -0.05) is 72.8 Å². The summed E-state index contributed by atoms with van der Waals surface area (Å²) in [7, 11) is 0. The zero-order chi connectivity index (χ0) is 16.3. The van der Waals surface area contributed by atoms with E-state index in [9.17, 15) is 0 Å². The van der Waals surface area contributed by atoms with Crippen molar-refractivity contribution in [3.05, 3.63) is 96.3 Å². The second kappa shape index (κ2) is 9.49. The highest BCUT2D eigenvalue weighted by molar-refractivity contribution is 5.21. The van der Waals surface area contributed by atoms with Crippen LogP contribution in [0.4, 0.5) is 0 Å². The van der Waals surface area contributed by atoms with Crippen molar-refractivity contribution in [3.63, 3.8) is 0 Å². The maximum atomic E-state index is 6.41. The van der Waals surface area contributed by atoms with Crippen LogP contribution in [0.2, 0.25) is 0 Å². The minimum Gasteiger partial charge on any atom is -0.405 e. The molecular weight excluding hydrogens is 284 g/mol. The lowest BCUT2D eigenvalue weighted by Crippen LogP contribution is -2.10. The van der Waals surface area contributed by atoms with Crippen molar-refractivity contribution < 1.29 is 4.74 Å². The van der Waals surface area contributed by atoms with Crippen LogP contribution in [0.25, 0.3) is 0 Å². The van der Waals surface area contributed by atoms with Gasteiger partial charge in [0.15, 0.2) is 0 Å². The lowest BCUT2D eigenvalue weighted by molar-refractivity contribution is -0.0121. The Balaban J connectivity index is 2.22. The molecule has 0 saturated carbocycles. The van der Waals surface area contributed by atoms with Gasteiger partial charge in [-0.25, -0.2) is 0 Å². The Morgan fingerprint density at radius 1 is 0.696 bits per heavy atom. The van der Waals surface area contributed by atoms with Crippen LogP contribution in [-0.4, -0.2) is 0 Å². The summed E-state index contributed by atoms with van der Waals surface area (Å²) in [5, 5.41) is 0. The zero-order valence-electron chi connectivity index (χ0n) is 13.2. The highest BCUT2D eigenvalue weighted by Gasteiger charge is 2.18. The molecule has 0 radical (unpaired) electrons. The number of ether oxygens (including phenoxy) is 1. The summed E-state index contributed by atoms with van der Waals surface area (Å²) in [6, 6.07) is 20.4. The molecule has 0 bridgehead atoms. The maximum absolute atomic E-state index is 6.41. The first kappa shape index (κ1) is 16.8. The van der Waals surface area contributed by atoms with E-state index in [2.05, 4.69) is 24.3 Å². The van der Waals surface area contributed by atoms with Crippen molar-refractivity contribution >= 4 is 0 Å². The van der Waals surface area contributed by atoms with Crippen LogP contribution in [0.3, 0.4) is 0 Å². The second-order valence-corrected chi connectivity index (χ2v) is 5.26. The number of hydrogen-bond donors (Lipinski definition) is 2. The summed E-state index contributed by atoms with van der Waals surface area (Å²) in [6.45, 7) is 0. The summed E-state index contributed by atoms with van der Waals surface area (Å²) in [6.07, 6.45) is 8.36. The van der Waals surface area contributed by atoms with Crippen molar-refractivity contribution in [1.29, 1.82) is 0 Å². The Labute approximate surface area is 138 Å². The Kier molecular flexibility index (Phi) is 6.95. The van der Waals surface area contributed by atoms with Gasteiger partial charge in [-0.05, 0) is 36.4 Å². The van der Waals surface area contributed by atoms with E-state index in [4.69, 9.17) is 16.2 Å². The van der Waals surface area contributed by atoms with Crippen molar-refractivity contribution in [3.8, 4) is 0 Å². The topological polar surface area (TPSA) is 61.3 Å². The molecule has 120 valence electrons. The minimum atomic E-state index is -0.0487. The summed E-state index contributed by atoms with van der Waals surface area (Å²) in [5.74, 6) is 0. The molecule has 0 saturated heterocycles. The predicted molar refractivity (Wildman–Crippen MR) is 95.3 cm³/mol. The first-order chi connectivity index (χ1) is 11.3. The highest BCUT2D eigenvalue weighted by Crippen LogP contribution is 2.31.